The topological polar surface area (TPSA) is 51.8 Å². The van der Waals surface area contributed by atoms with Crippen molar-refractivity contribution in [3.8, 4) is 21.7 Å². The van der Waals surface area contributed by atoms with Gasteiger partial charge in [0, 0.05) is 11.8 Å². The molecule has 2 heterocycles. The van der Waals surface area contributed by atoms with Gasteiger partial charge in [-0.3, -0.25) is 0 Å². The van der Waals surface area contributed by atoms with E-state index in [1.54, 1.807) is 17.5 Å². The number of benzene rings is 1. The van der Waals surface area contributed by atoms with Crippen LogP contribution >= 0.6 is 11.3 Å². The van der Waals surface area contributed by atoms with Crippen LogP contribution < -0.4 is 5.73 Å². The van der Waals surface area contributed by atoms with Crippen LogP contribution in [0.4, 0.5) is 5.82 Å². The highest BCUT2D eigenvalue weighted by Crippen LogP contribution is 2.37. The van der Waals surface area contributed by atoms with Crippen LogP contribution in [-0.2, 0) is 6.42 Å². The average molecular weight is 323 g/mol. The van der Waals surface area contributed by atoms with Crippen molar-refractivity contribution < 1.29 is 0 Å². The number of hydrogen-bond donors (Lipinski definition) is 1. The predicted octanol–water partition coefficient (Wildman–Crippen LogP) is 5.11. The lowest BCUT2D eigenvalue weighted by atomic mass is 10.1. The van der Waals surface area contributed by atoms with E-state index < -0.39 is 0 Å². The molecule has 3 aromatic rings. The SMILES string of the molecule is CCCCc1nc(-c2cccc(C)c2)c(-c2ccnc(N)c2)s1. The summed E-state index contributed by atoms with van der Waals surface area (Å²) >= 11 is 1.77. The summed E-state index contributed by atoms with van der Waals surface area (Å²) in [6.07, 6.45) is 5.13. The maximum atomic E-state index is 5.87. The highest BCUT2D eigenvalue weighted by atomic mass is 32.1. The lowest BCUT2D eigenvalue weighted by Crippen LogP contribution is -1.90. The van der Waals surface area contributed by atoms with Gasteiger partial charge in [-0.2, -0.15) is 0 Å². The van der Waals surface area contributed by atoms with E-state index >= 15 is 0 Å². The Labute approximate surface area is 141 Å². The molecule has 0 spiro atoms. The molecular weight excluding hydrogens is 302 g/mol. The number of pyridine rings is 1. The first kappa shape index (κ1) is 15.7. The minimum atomic E-state index is 0.543. The maximum absolute atomic E-state index is 5.87. The summed E-state index contributed by atoms with van der Waals surface area (Å²) in [5.74, 6) is 0.543. The van der Waals surface area contributed by atoms with Gasteiger partial charge in [-0.15, -0.1) is 11.3 Å². The third-order valence-corrected chi connectivity index (χ3v) is 4.91. The van der Waals surface area contributed by atoms with Gasteiger partial charge in [0.2, 0.25) is 0 Å². The number of unbranched alkanes of at least 4 members (excludes halogenated alkanes) is 1. The summed E-state index contributed by atoms with van der Waals surface area (Å²) < 4.78 is 0. The monoisotopic (exact) mass is 323 g/mol. The highest BCUT2D eigenvalue weighted by molar-refractivity contribution is 7.15. The standard InChI is InChI=1S/C19H21N3S/c1-3-4-8-17-22-18(14-7-5-6-13(2)11-14)19(23-17)15-9-10-21-16(20)12-15/h5-7,9-12H,3-4,8H2,1-2H3,(H2,20,21). The number of aromatic nitrogens is 2. The van der Waals surface area contributed by atoms with Crippen molar-refractivity contribution in [2.75, 3.05) is 5.73 Å². The molecule has 118 valence electrons. The van der Waals surface area contributed by atoms with Crippen LogP contribution in [0.2, 0.25) is 0 Å². The summed E-state index contributed by atoms with van der Waals surface area (Å²) in [4.78, 5) is 10.2. The van der Waals surface area contributed by atoms with Gasteiger partial charge in [0.1, 0.15) is 5.82 Å². The van der Waals surface area contributed by atoms with Crippen LogP contribution in [0.5, 0.6) is 0 Å². The first-order valence-corrected chi connectivity index (χ1v) is 8.77. The Morgan fingerprint density at radius 1 is 1.13 bits per heavy atom. The Morgan fingerprint density at radius 3 is 2.74 bits per heavy atom. The smallest absolute Gasteiger partial charge is 0.123 e. The minimum absolute atomic E-state index is 0.543. The van der Waals surface area contributed by atoms with E-state index in [1.807, 2.05) is 12.1 Å². The highest BCUT2D eigenvalue weighted by Gasteiger charge is 2.15. The van der Waals surface area contributed by atoms with Gasteiger partial charge in [0.15, 0.2) is 0 Å². The normalized spacial score (nSPS) is 10.9. The fourth-order valence-corrected chi connectivity index (χ4v) is 3.70. The maximum Gasteiger partial charge on any atom is 0.123 e. The quantitative estimate of drug-likeness (QED) is 0.710. The molecule has 2 aromatic heterocycles. The van der Waals surface area contributed by atoms with Crippen LogP contribution in [0.15, 0.2) is 42.6 Å². The van der Waals surface area contributed by atoms with Crippen LogP contribution in [0, 0.1) is 6.92 Å². The second kappa shape index (κ2) is 6.92. The van der Waals surface area contributed by atoms with Crippen LogP contribution in [0.3, 0.4) is 0 Å². The first-order valence-electron chi connectivity index (χ1n) is 7.96. The Morgan fingerprint density at radius 2 is 2.00 bits per heavy atom. The van der Waals surface area contributed by atoms with Crippen LogP contribution in [-0.4, -0.2) is 9.97 Å². The van der Waals surface area contributed by atoms with E-state index in [0.29, 0.717) is 5.82 Å². The number of rotatable bonds is 5. The molecule has 0 aliphatic carbocycles. The van der Waals surface area contributed by atoms with Crippen LogP contribution in [0.1, 0.15) is 30.3 Å². The largest absolute Gasteiger partial charge is 0.384 e. The number of aryl methyl sites for hydroxylation is 2. The van der Waals surface area contributed by atoms with Gasteiger partial charge in [0.25, 0.3) is 0 Å². The van der Waals surface area contributed by atoms with Gasteiger partial charge >= 0.3 is 0 Å². The van der Waals surface area contributed by atoms with Crippen LogP contribution in [0.25, 0.3) is 21.7 Å². The molecule has 0 radical (unpaired) electrons. The van der Waals surface area contributed by atoms with Crippen molar-refractivity contribution in [3.63, 3.8) is 0 Å². The lowest BCUT2D eigenvalue weighted by molar-refractivity contribution is 0.790. The minimum Gasteiger partial charge on any atom is -0.384 e. The molecule has 0 amide bonds. The van der Waals surface area contributed by atoms with Crippen molar-refractivity contribution in [3.05, 3.63) is 53.2 Å². The molecule has 0 unspecified atom stereocenters. The summed E-state index contributed by atoms with van der Waals surface area (Å²) in [7, 11) is 0. The van der Waals surface area contributed by atoms with Gasteiger partial charge in [-0.05, 0) is 43.5 Å². The van der Waals surface area contributed by atoms with E-state index in [4.69, 9.17) is 10.7 Å². The molecule has 0 fully saturated rings. The van der Waals surface area contributed by atoms with Gasteiger partial charge in [-0.25, -0.2) is 9.97 Å². The van der Waals surface area contributed by atoms with E-state index in [9.17, 15) is 0 Å². The summed E-state index contributed by atoms with van der Waals surface area (Å²) in [5.41, 5.74) is 10.4. The summed E-state index contributed by atoms with van der Waals surface area (Å²) in [5, 5.41) is 1.19. The zero-order chi connectivity index (χ0) is 16.2. The molecule has 1 aromatic carbocycles. The van der Waals surface area contributed by atoms with E-state index in [2.05, 4.69) is 43.1 Å². The van der Waals surface area contributed by atoms with Crippen molar-refractivity contribution in [2.24, 2.45) is 0 Å². The summed E-state index contributed by atoms with van der Waals surface area (Å²) in [6, 6.07) is 12.4. The van der Waals surface area contributed by atoms with E-state index in [1.165, 1.54) is 28.3 Å². The average Bonchev–Trinajstić information content (AvgIpc) is 2.97. The molecule has 0 atom stereocenters. The number of nitrogen functional groups attached to an aromatic ring is 1. The van der Waals surface area contributed by atoms with Gasteiger partial charge in [-0.1, -0.05) is 37.1 Å². The van der Waals surface area contributed by atoms with Crippen molar-refractivity contribution in [2.45, 2.75) is 33.1 Å². The van der Waals surface area contributed by atoms with E-state index in [-0.39, 0.29) is 0 Å². The fourth-order valence-electron chi connectivity index (χ4n) is 2.57. The Balaban J connectivity index is 2.11. The molecule has 0 bridgehead atoms. The molecule has 2 N–H and O–H groups in total. The predicted molar refractivity (Wildman–Crippen MR) is 98.5 cm³/mol. The fraction of sp³-hybridized carbons (Fsp3) is 0.263. The molecule has 23 heavy (non-hydrogen) atoms. The summed E-state index contributed by atoms with van der Waals surface area (Å²) in [6.45, 7) is 4.32. The Hall–Kier alpha value is -2.20. The zero-order valence-corrected chi connectivity index (χ0v) is 14.4. The second-order valence-electron chi connectivity index (χ2n) is 5.73. The number of thiazole rings is 1. The molecule has 0 aliphatic heterocycles. The number of anilines is 1. The molecule has 3 rings (SSSR count). The number of hydrogen-bond acceptors (Lipinski definition) is 4. The molecule has 0 aliphatic rings. The second-order valence-corrected chi connectivity index (χ2v) is 6.81. The van der Waals surface area contributed by atoms with Crippen molar-refractivity contribution in [1.29, 1.82) is 0 Å². The van der Waals surface area contributed by atoms with Crippen molar-refractivity contribution in [1.82, 2.24) is 9.97 Å². The molecule has 0 saturated heterocycles. The Kier molecular flexibility index (Phi) is 4.72. The van der Waals surface area contributed by atoms with Gasteiger partial charge < -0.3 is 5.73 Å². The van der Waals surface area contributed by atoms with E-state index in [0.717, 1.165) is 23.2 Å². The Bertz CT molecular complexity index is 745. The van der Waals surface area contributed by atoms with Crippen molar-refractivity contribution >= 4 is 17.2 Å². The molecule has 0 saturated carbocycles. The molecular formula is C19H21N3S. The molecule has 3 nitrogen and oxygen atoms in total. The third kappa shape index (κ3) is 3.59. The zero-order valence-electron chi connectivity index (χ0n) is 13.5. The number of nitrogens with zero attached hydrogens (tertiary/aromatic N) is 2. The third-order valence-electron chi connectivity index (χ3n) is 3.75. The van der Waals surface area contributed by atoms with Gasteiger partial charge in [0.05, 0.1) is 15.6 Å². The first-order chi connectivity index (χ1) is 11.2. The molecule has 4 heteroatoms. The number of nitrogens with two attached hydrogens (primary N) is 1. The lowest BCUT2D eigenvalue weighted by Gasteiger charge is -2.04.